The van der Waals surface area contributed by atoms with Crippen LogP contribution < -0.4 is 11.0 Å². The van der Waals surface area contributed by atoms with Gasteiger partial charge in [0.05, 0.1) is 16.7 Å². The molecule has 0 atom stereocenters. The summed E-state index contributed by atoms with van der Waals surface area (Å²) in [4.78, 5) is 42.0. The lowest BCUT2D eigenvalue weighted by molar-refractivity contribution is -0.119. The molecule has 35 heavy (non-hydrogen) atoms. The minimum Gasteiger partial charge on any atom is -0.452 e. The Labute approximate surface area is 203 Å². The van der Waals surface area contributed by atoms with Crippen LogP contribution in [0.4, 0.5) is 5.69 Å². The first-order valence-corrected chi connectivity index (χ1v) is 10.9. The van der Waals surface area contributed by atoms with E-state index in [-0.39, 0.29) is 11.3 Å². The van der Waals surface area contributed by atoms with Crippen LogP contribution in [-0.4, -0.2) is 38.2 Å². The van der Waals surface area contributed by atoms with E-state index in [9.17, 15) is 14.4 Å². The Morgan fingerprint density at radius 1 is 0.971 bits per heavy atom. The number of carbonyl (C=O) groups is 2. The third-order valence-electron chi connectivity index (χ3n) is 5.21. The van der Waals surface area contributed by atoms with Gasteiger partial charge in [-0.05, 0) is 42.5 Å². The number of aromatic amines is 2. The molecule has 0 saturated heterocycles. The second-order valence-corrected chi connectivity index (χ2v) is 8.08. The van der Waals surface area contributed by atoms with Crippen molar-refractivity contribution in [3.8, 4) is 16.9 Å². The monoisotopic (exact) mass is 487 g/mol. The van der Waals surface area contributed by atoms with Gasteiger partial charge in [-0.15, -0.1) is 0 Å². The number of nitrogens with zero attached hydrogens (tertiary/aromatic N) is 2. The van der Waals surface area contributed by atoms with E-state index >= 15 is 0 Å². The predicted octanol–water partition coefficient (Wildman–Crippen LogP) is 4.16. The number of fused-ring (bicyclic) bond motifs is 1. The van der Waals surface area contributed by atoms with Gasteiger partial charge in [0.1, 0.15) is 11.3 Å². The van der Waals surface area contributed by atoms with Crippen molar-refractivity contribution in [3.63, 3.8) is 0 Å². The highest BCUT2D eigenvalue weighted by atomic mass is 35.5. The number of imidazole rings is 1. The fourth-order valence-corrected chi connectivity index (χ4v) is 3.70. The minimum absolute atomic E-state index is 0.204. The topological polar surface area (TPSA) is 122 Å². The largest absolute Gasteiger partial charge is 0.452 e. The third-order valence-corrected chi connectivity index (χ3v) is 5.46. The van der Waals surface area contributed by atoms with Gasteiger partial charge in [0.25, 0.3) is 5.91 Å². The number of halogens is 1. The maximum Gasteiger partial charge on any atom is 0.342 e. The Kier molecular flexibility index (Phi) is 5.90. The third kappa shape index (κ3) is 4.85. The van der Waals surface area contributed by atoms with Crippen LogP contribution in [0.2, 0.25) is 5.02 Å². The smallest absolute Gasteiger partial charge is 0.342 e. The summed E-state index contributed by atoms with van der Waals surface area (Å²) in [6.45, 7) is -0.503. The molecule has 0 fully saturated rings. The van der Waals surface area contributed by atoms with Gasteiger partial charge in [-0.1, -0.05) is 41.9 Å². The molecule has 0 unspecified atom stereocenters. The van der Waals surface area contributed by atoms with Gasteiger partial charge in [0.15, 0.2) is 6.61 Å². The molecule has 10 heteroatoms. The Bertz CT molecular complexity index is 1590. The van der Waals surface area contributed by atoms with E-state index in [0.29, 0.717) is 33.0 Å². The van der Waals surface area contributed by atoms with Crippen molar-refractivity contribution < 1.29 is 14.3 Å². The van der Waals surface area contributed by atoms with Gasteiger partial charge < -0.3 is 20.0 Å². The summed E-state index contributed by atoms with van der Waals surface area (Å²) in [5.74, 6) is -1.23. The highest BCUT2D eigenvalue weighted by Gasteiger charge is 2.21. The number of hydrogen-bond donors (Lipinski definition) is 3. The molecular weight excluding hydrogens is 470 g/mol. The molecule has 5 aromatic rings. The van der Waals surface area contributed by atoms with Crippen molar-refractivity contribution in [2.45, 2.75) is 0 Å². The first-order chi connectivity index (χ1) is 17.0. The van der Waals surface area contributed by atoms with Crippen LogP contribution in [0.25, 0.3) is 28.0 Å². The zero-order valence-corrected chi connectivity index (χ0v) is 18.9. The Balaban J connectivity index is 1.34. The summed E-state index contributed by atoms with van der Waals surface area (Å²) in [6.07, 6.45) is 1.57. The number of esters is 1. The Morgan fingerprint density at radius 3 is 2.49 bits per heavy atom. The van der Waals surface area contributed by atoms with Crippen molar-refractivity contribution in [1.82, 2.24) is 19.7 Å². The summed E-state index contributed by atoms with van der Waals surface area (Å²) in [5.41, 5.74) is 3.31. The number of aromatic nitrogens is 4. The van der Waals surface area contributed by atoms with Crippen LogP contribution in [-0.2, 0) is 9.53 Å². The number of hydrogen-bond acceptors (Lipinski definition) is 5. The number of carbonyl (C=O) groups excluding carboxylic acids is 2. The van der Waals surface area contributed by atoms with Crippen LogP contribution >= 0.6 is 11.6 Å². The number of amides is 1. The van der Waals surface area contributed by atoms with E-state index in [2.05, 4.69) is 20.4 Å². The maximum atomic E-state index is 13.0. The van der Waals surface area contributed by atoms with Gasteiger partial charge in [0, 0.05) is 22.5 Å². The number of nitrogens with one attached hydrogen (secondary N) is 3. The molecule has 0 aliphatic carbocycles. The van der Waals surface area contributed by atoms with Crippen LogP contribution in [0.5, 0.6) is 0 Å². The van der Waals surface area contributed by atoms with Crippen LogP contribution in [0, 0.1) is 0 Å². The highest BCUT2D eigenvalue weighted by molar-refractivity contribution is 6.30. The Morgan fingerprint density at radius 2 is 1.71 bits per heavy atom. The molecule has 9 nitrogen and oxygen atoms in total. The van der Waals surface area contributed by atoms with E-state index in [1.165, 1.54) is 0 Å². The average Bonchev–Trinajstić information content (AvgIpc) is 3.47. The molecule has 3 aromatic carbocycles. The highest BCUT2D eigenvalue weighted by Crippen LogP contribution is 2.26. The molecule has 0 spiro atoms. The summed E-state index contributed by atoms with van der Waals surface area (Å²) < 4.78 is 6.87. The van der Waals surface area contributed by atoms with Gasteiger partial charge in [-0.3, -0.25) is 4.79 Å². The second kappa shape index (κ2) is 9.32. The zero-order chi connectivity index (χ0) is 24.4. The molecule has 0 radical (unpaired) electrons. The van der Waals surface area contributed by atoms with Crippen molar-refractivity contribution >= 4 is 40.2 Å². The van der Waals surface area contributed by atoms with Gasteiger partial charge >= 0.3 is 11.7 Å². The summed E-state index contributed by atoms with van der Waals surface area (Å²) >= 11 is 6.01. The van der Waals surface area contributed by atoms with Crippen molar-refractivity contribution in [2.24, 2.45) is 0 Å². The van der Waals surface area contributed by atoms with Crippen molar-refractivity contribution in [1.29, 1.82) is 0 Å². The van der Waals surface area contributed by atoms with E-state index in [1.54, 1.807) is 53.3 Å². The van der Waals surface area contributed by atoms with Gasteiger partial charge in [0.2, 0.25) is 0 Å². The number of benzene rings is 3. The lowest BCUT2D eigenvalue weighted by Gasteiger charge is -2.07. The van der Waals surface area contributed by atoms with E-state index in [1.807, 2.05) is 30.3 Å². The molecule has 0 aliphatic heterocycles. The fourth-order valence-electron chi connectivity index (χ4n) is 3.57. The number of rotatable bonds is 6. The molecule has 0 aliphatic rings. The molecular formula is C25H18ClN5O4. The first kappa shape index (κ1) is 22.2. The molecule has 174 valence electrons. The van der Waals surface area contributed by atoms with Crippen LogP contribution in [0.15, 0.2) is 83.8 Å². The van der Waals surface area contributed by atoms with Gasteiger partial charge in [-0.2, -0.15) is 5.10 Å². The second-order valence-electron chi connectivity index (χ2n) is 7.64. The molecule has 3 N–H and O–H groups in total. The summed E-state index contributed by atoms with van der Waals surface area (Å²) in [7, 11) is 0. The SMILES string of the molecule is O=C(COC(=O)c1cn(-c2ccccc2)nc1-c1ccc(Cl)cc1)Nc1ccc2[nH]c(=O)[nH]c2c1. The molecule has 2 aromatic heterocycles. The quantitative estimate of drug-likeness (QED) is 0.310. The summed E-state index contributed by atoms with van der Waals surface area (Å²) in [5, 5.41) is 7.77. The number of ether oxygens (including phenoxy) is 1. The molecule has 5 rings (SSSR count). The van der Waals surface area contributed by atoms with Crippen molar-refractivity contribution in [3.05, 3.63) is 100 Å². The van der Waals surface area contributed by atoms with E-state index in [4.69, 9.17) is 16.3 Å². The minimum atomic E-state index is -0.697. The number of anilines is 1. The zero-order valence-electron chi connectivity index (χ0n) is 18.1. The van der Waals surface area contributed by atoms with Crippen LogP contribution in [0.1, 0.15) is 10.4 Å². The number of para-hydroxylation sites is 1. The van der Waals surface area contributed by atoms with Crippen LogP contribution in [0.3, 0.4) is 0 Å². The van der Waals surface area contributed by atoms with Gasteiger partial charge in [-0.25, -0.2) is 14.3 Å². The fraction of sp³-hybridized carbons (Fsp3) is 0.0400. The van der Waals surface area contributed by atoms with Crippen molar-refractivity contribution in [2.75, 3.05) is 11.9 Å². The molecule has 2 heterocycles. The Hall–Kier alpha value is -4.63. The lowest BCUT2D eigenvalue weighted by atomic mass is 10.1. The summed E-state index contributed by atoms with van der Waals surface area (Å²) in [6, 6.07) is 21.1. The standard InChI is InChI=1S/C25H18ClN5O4/c26-16-8-6-15(7-9-16)23-19(13-31(30-23)18-4-2-1-3-5-18)24(33)35-14-22(32)27-17-10-11-20-21(12-17)29-25(34)28-20/h1-13H,14H2,(H,27,32)(H2,28,29,34). The first-order valence-electron chi connectivity index (χ1n) is 10.6. The van der Waals surface area contributed by atoms with E-state index < -0.39 is 18.5 Å². The predicted molar refractivity (Wildman–Crippen MR) is 132 cm³/mol. The number of H-pyrrole nitrogens is 2. The lowest BCUT2D eigenvalue weighted by Crippen LogP contribution is -2.21. The average molecular weight is 488 g/mol. The normalized spacial score (nSPS) is 10.9. The molecule has 0 bridgehead atoms. The van der Waals surface area contributed by atoms with E-state index in [0.717, 1.165) is 5.69 Å². The molecule has 0 saturated carbocycles. The molecule has 1 amide bonds. The maximum absolute atomic E-state index is 13.0.